The van der Waals surface area contributed by atoms with Crippen molar-refractivity contribution < 1.29 is 9.53 Å². The molecule has 1 aromatic heterocycles. The molecule has 0 saturated carbocycles. The molecule has 1 aliphatic carbocycles. The number of thiocarbonyl (C=S) groups is 1. The third-order valence-electron chi connectivity index (χ3n) is 4.50. The lowest BCUT2D eigenvalue weighted by Crippen LogP contribution is -2.20. The van der Waals surface area contributed by atoms with Gasteiger partial charge in [0.15, 0.2) is 5.11 Å². The van der Waals surface area contributed by atoms with Crippen LogP contribution in [0.25, 0.3) is 0 Å². The highest BCUT2D eigenvalue weighted by atomic mass is 32.1. The molecule has 4 nitrogen and oxygen atoms in total. The van der Waals surface area contributed by atoms with Crippen molar-refractivity contribution in [3.8, 4) is 0 Å². The second-order valence-corrected chi connectivity index (χ2v) is 7.78. The van der Waals surface area contributed by atoms with E-state index >= 15 is 0 Å². The molecule has 0 amide bonds. The van der Waals surface area contributed by atoms with Crippen molar-refractivity contribution in [2.24, 2.45) is 0 Å². The third-order valence-corrected chi connectivity index (χ3v) is 5.91. The fraction of sp³-hybridized carbons (Fsp3) is 0.400. The highest BCUT2D eigenvalue weighted by Gasteiger charge is 2.26. The zero-order chi connectivity index (χ0) is 18.5. The molecule has 2 N–H and O–H groups in total. The normalized spacial score (nSPS) is 13.0. The molecule has 1 aromatic carbocycles. The quantitative estimate of drug-likeness (QED) is 0.546. The molecule has 1 heterocycles. The van der Waals surface area contributed by atoms with E-state index in [1.165, 1.54) is 16.9 Å². The van der Waals surface area contributed by atoms with Gasteiger partial charge in [-0.15, -0.1) is 11.3 Å². The van der Waals surface area contributed by atoms with Crippen molar-refractivity contribution in [3.63, 3.8) is 0 Å². The molecule has 0 radical (unpaired) electrons. The molecule has 0 bridgehead atoms. The predicted octanol–water partition coefficient (Wildman–Crippen LogP) is 5.17. The second-order valence-electron chi connectivity index (χ2n) is 6.27. The number of carbonyl (C=O) groups excluding carboxylic acids is 1. The fourth-order valence-electron chi connectivity index (χ4n) is 3.16. The van der Waals surface area contributed by atoms with Crippen molar-refractivity contribution in [2.75, 3.05) is 17.2 Å². The first-order chi connectivity index (χ1) is 12.6. The summed E-state index contributed by atoms with van der Waals surface area (Å²) in [6.07, 6.45) is 5.24. The van der Waals surface area contributed by atoms with Gasteiger partial charge in [-0.2, -0.15) is 0 Å². The van der Waals surface area contributed by atoms with Gasteiger partial charge in [-0.25, -0.2) is 4.79 Å². The number of anilines is 2. The Hall–Kier alpha value is -1.92. The Morgan fingerprint density at radius 3 is 2.58 bits per heavy atom. The van der Waals surface area contributed by atoms with Crippen molar-refractivity contribution in [2.45, 2.75) is 46.0 Å². The average Bonchev–Trinajstić information content (AvgIpc) is 3.00. The summed E-state index contributed by atoms with van der Waals surface area (Å²) in [7, 11) is 0. The van der Waals surface area contributed by atoms with Crippen LogP contribution in [0.3, 0.4) is 0 Å². The lowest BCUT2D eigenvalue weighted by Gasteiger charge is -2.13. The first-order valence-electron chi connectivity index (χ1n) is 9.11. The molecule has 0 fully saturated rings. The van der Waals surface area contributed by atoms with Gasteiger partial charge in [0.2, 0.25) is 0 Å². The van der Waals surface area contributed by atoms with E-state index in [2.05, 4.69) is 29.7 Å². The molecule has 2 aromatic rings. The maximum atomic E-state index is 12.5. The van der Waals surface area contributed by atoms with Crippen LogP contribution in [-0.4, -0.2) is 17.7 Å². The molecule has 0 saturated heterocycles. The van der Waals surface area contributed by atoms with E-state index < -0.39 is 0 Å². The van der Waals surface area contributed by atoms with Gasteiger partial charge in [0.05, 0.1) is 12.2 Å². The molecule has 6 heteroatoms. The minimum absolute atomic E-state index is 0.260. The van der Waals surface area contributed by atoms with Crippen molar-refractivity contribution in [1.29, 1.82) is 0 Å². The number of rotatable bonds is 5. The number of fused-ring (bicyclic) bond motifs is 1. The van der Waals surface area contributed by atoms with E-state index in [-0.39, 0.29) is 5.97 Å². The Labute approximate surface area is 164 Å². The number of carbonyl (C=O) groups is 1. The summed E-state index contributed by atoms with van der Waals surface area (Å²) in [5, 5.41) is 7.69. The monoisotopic (exact) mass is 388 g/mol. The Morgan fingerprint density at radius 2 is 1.88 bits per heavy atom. The van der Waals surface area contributed by atoms with Gasteiger partial charge >= 0.3 is 5.97 Å². The minimum Gasteiger partial charge on any atom is -0.462 e. The molecular weight excluding hydrogens is 364 g/mol. The number of aryl methyl sites for hydroxylation is 2. The van der Waals surface area contributed by atoms with Gasteiger partial charge in [0, 0.05) is 10.6 Å². The summed E-state index contributed by atoms with van der Waals surface area (Å²) < 4.78 is 5.28. The number of ether oxygens (including phenoxy) is 1. The molecule has 1 aliphatic rings. The number of nitrogens with one attached hydrogen (secondary N) is 2. The van der Waals surface area contributed by atoms with E-state index in [4.69, 9.17) is 17.0 Å². The summed E-state index contributed by atoms with van der Waals surface area (Å²) in [5.74, 6) is -0.260. The Bertz CT molecular complexity index is 797. The Morgan fingerprint density at radius 1 is 1.15 bits per heavy atom. The SMILES string of the molecule is CCOC(=O)c1c(NC(=S)Nc2ccc(CC)cc2)sc2c1CCCC2. The van der Waals surface area contributed by atoms with Gasteiger partial charge in [0.1, 0.15) is 5.00 Å². The number of thiophene rings is 1. The number of benzene rings is 1. The van der Waals surface area contributed by atoms with Crippen LogP contribution in [0.4, 0.5) is 10.7 Å². The van der Waals surface area contributed by atoms with Crippen LogP contribution in [0.5, 0.6) is 0 Å². The van der Waals surface area contributed by atoms with E-state index in [1.807, 2.05) is 19.1 Å². The Kier molecular flexibility index (Phi) is 6.27. The molecular formula is C20H24N2O2S2. The molecule has 138 valence electrons. The summed E-state index contributed by atoms with van der Waals surface area (Å²) in [6.45, 7) is 4.33. The van der Waals surface area contributed by atoms with Gasteiger partial charge in [-0.1, -0.05) is 19.1 Å². The predicted molar refractivity (Wildman–Crippen MR) is 113 cm³/mol. The first kappa shape index (κ1) is 18.9. The summed E-state index contributed by atoms with van der Waals surface area (Å²) in [5.41, 5.74) is 4.01. The van der Waals surface area contributed by atoms with Crippen LogP contribution in [0, 0.1) is 0 Å². The highest BCUT2D eigenvalue weighted by Crippen LogP contribution is 2.38. The average molecular weight is 389 g/mol. The van der Waals surface area contributed by atoms with Gasteiger partial charge in [-0.3, -0.25) is 0 Å². The summed E-state index contributed by atoms with van der Waals surface area (Å²) in [6, 6.07) is 8.19. The van der Waals surface area contributed by atoms with E-state index in [0.29, 0.717) is 17.3 Å². The van der Waals surface area contributed by atoms with Gasteiger partial charge in [0.25, 0.3) is 0 Å². The largest absolute Gasteiger partial charge is 0.462 e. The highest BCUT2D eigenvalue weighted by molar-refractivity contribution is 7.80. The first-order valence-corrected chi connectivity index (χ1v) is 10.3. The number of hydrogen-bond donors (Lipinski definition) is 2. The summed E-state index contributed by atoms with van der Waals surface area (Å²) >= 11 is 7.08. The van der Waals surface area contributed by atoms with Gasteiger partial charge < -0.3 is 15.4 Å². The molecule has 26 heavy (non-hydrogen) atoms. The van der Waals surface area contributed by atoms with Crippen molar-refractivity contribution in [1.82, 2.24) is 0 Å². The van der Waals surface area contributed by atoms with Crippen LogP contribution in [-0.2, 0) is 24.0 Å². The third kappa shape index (κ3) is 4.24. The maximum Gasteiger partial charge on any atom is 0.341 e. The topological polar surface area (TPSA) is 50.4 Å². The minimum atomic E-state index is -0.260. The lowest BCUT2D eigenvalue weighted by atomic mass is 9.95. The Balaban J connectivity index is 1.78. The van der Waals surface area contributed by atoms with Crippen molar-refractivity contribution >= 4 is 45.3 Å². The number of hydrogen-bond acceptors (Lipinski definition) is 4. The van der Waals surface area contributed by atoms with Crippen LogP contribution >= 0.6 is 23.6 Å². The zero-order valence-electron chi connectivity index (χ0n) is 15.2. The van der Waals surface area contributed by atoms with Crippen molar-refractivity contribution in [3.05, 3.63) is 45.8 Å². The van der Waals surface area contributed by atoms with Crippen LogP contribution in [0.2, 0.25) is 0 Å². The molecule has 0 atom stereocenters. The maximum absolute atomic E-state index is 12.5. The van der Waals surface area contributed by atoms with E-state index in [1.54, 1.807) is 11.3 Å². The standard InChI is InChI=1S/C20H24N2O2S2/c1-3-13-9-11-14(12-10-13)21-20(25)22-18-17(19(23)24-4-2)15-7-5-6-8-16(15)26-18/h9-12H,3-8H2,1-2H3,(H2,21,22,25). The van der Waals surface area contributed by atoms with Crippen LogP contribution in [0.15, 0.2) is 24.3 Å². The van der Waals surface area contributed by atoms with E-state index in [0.717, 1.165) is 41.9 Å². The second kappa shape index (κ2) is 8.64. The fourth-order valence-corrected chi connectivity index (χ4v) is 4.73. The molecule has 3 rings (SSSR count). The lowest BCUT2D eigenvalue weighted by molar-refractivity contribution is 0.0526. The molecule has 0 unspecified atom stereocenters. The smallest absolute Gasteiger partial charge is 0.341 e. The molecule has 0 spiro atoms. The number of esters is 1. The van der Waals surface area contributed by atoms with Crippen LogP contribution in [0.1, 0.15) is 53.1 Å². The van der Waals surface area contributed by atoms with Crippen LogP contribution < -0.4 is 10.6 Å². The summed E-state index contributed by atoms with van der Waals surface area (Å²) in [4.78, 5) is 13.8. The zero-order valence-corrected chi connectivity index (χ0v) is 16.8. The van der Waals surface area contributed by atoms with Gasteiger partial charge in [-0.05, 0) is 74.5 Å². The van der Waals surface area contributed by atoms with E-state index in [9.17, 15) is 4.79 Å². The molecule has 0 aliphatic heterocycles.